The Morgan fingerprint density at radius 2 is 1.96 bits per heavy atom. The fourth-order valence-electron chi connectivity index (χ4n) is 2.17. The first-order valence-corrected chi connectivity index (χ1v) is 7.38. The fraction of sp³-hybridized carbons (Fsp3) is 0.111. The smallest absolute Gasteiger partial charge is 0.296 e. The normalized spacial score (nSPS) is 10.6. The zero-order valence-electron chi connectivity index (χ0n) is 14.1. The summed E-state index contributed by atoms with van der Waals surface area (Å²) in [4.78, 5) is 22.9. The van der Waals surface area contributed by atoms with E-state index in [-0.39, 0.29) is 22.7 Å². The van der Waals surface area contributed by atoms with Crippen molar-refractivity contribution in [2.75, 3.05) is 19.5 Å². The average Bonchev–Trinajstić information content (AvgIpc) is 2.66. The molecule has 0 aliphatic carbocycles. The molecule has 1 N–H and O–H groups in total. The molecule has 8 heteroatoms. The molecule has 2 rings (SSSR count). The van der Waals surface area contributed by atoms with Gasteiger partial charge in [0.2, 0.25) is 0 Å². The molecule has 0 aliphatic heterocycles. The Labute approximate surface area is 149 Å². The van der Waals surface area contributed by atoms with E-state index >= 15 is 0 Å². The van der Waals surface area contributed by atoms with Gasteiger partial charge >= 0.3 is 0 Å². The lowest BCUT2D eigenvalue weighted by Crippen LogP contribution is -2.14. The molecule has 0 fully saturated rings. The van der Waals surface area contributed by atoms with Crippen molar-refractivity contribution in [3.8, 4) is 17.6 Å². The van der Waals surface area contributed by atoms with Crippen LogP contribution < -0.4 is 14.8 Å². The third-order valence-corrected chi connectivity index (χ3v) is 3.45. The maximum absolute atomic E-state index is 12.4. The van der Waals surface area contributed by atoms with Gasteiger partial charge in [-0.1, -0.05) is 18.2 Å². The summed E-state index contributed by atoms with van der Waals surface area (Å²) < 4.78 is 10.1. The molecule has 0 aliphatic rings. The summed E-state index contributed by atoms with van der Waals surface area (Å²) in [5.41, 5.74) is -0.0696. The van der Waals surface area contributed by atoms with Crippen LogP contribution in [0, 0.1) is 21.4 Å². The standard InChI is InChI=1S/C18H15N3O5/c1-25-14-7-8-15(16(10-14)21(23)24)20-18(22)13(11-19)9-12-5-3-4-6-17(12)26-2/h3-10H,1-2H3,(H,20,22)/b13-9+. The summed E-state index contributed by atoms with van der Waals surface area (Å²) in [7, 11) is 2.85. The van der Waals surface area contributed by atoms with Crippen LogP contribution in [0.15, 0.2) is 48.0 Å². The fourth-order valence-corrected chi connectivity index (χ4v) is 2.17. The van der Waals surface area contributed by atoms with Gasteiger partial charge in [0, 0.05) is 5.56 Å². The van der Waals surface area contributed by atoms with E-state index in [2.05, 4.69) is 5.32 Å². The molecule has 0 heterocycles. The molecule has 0 atom stereocenters. The summed E-state index contributed by atoms with van der Waals surface area (Å²) in [6, 6.07) is 12.6. The van der Waals surface area contributed by atoms with Crippen LogP contribution in [0.3, 0.4) is 0 Å². The molecule has 8 nitrogen and oxygen atoms in total. The number of nitro benzene ring substituents is 1. The van der Waals surface area contributed by atoms with Gasteiger partial charge in [0.05, 0.1) is 25.2 Å². The van der Waals surface area contributed by atoms with Gasteiger partial charge in [0.1, 0.15) is 28.8 Å². The van der Waals surface area contributed by atoms with E-state index in [1.54, 1.807) is 30.3 Å². The SMILES string of the molecule is COc1ccc(NC(=O)/C(C#N)=C/c2ccccc2OC)c([N+](=O)[O-])c1. The number of hydrogen-bond donors (Lipinski definition) is 1. The van der Waals surface area contributed by atoms with Crippen molar-refractivity contribution < 1.29 is 19.2 Å². The van der Waals surface area contributed by atoms with Gasteiger partial charge in [0.15, 0.2) is 0 Å². The number of nitrogens with zero attached hydrogens (tertiary/aromatic N) is 2. The molecule has 0 radical (unpaired) electrons. The highest BCUT2D eigenvalue weighted by Gasteiger charge is 2.19. The van der Waals surface area contributed by atoms with Crippen LogP contribution >= 0.6 is 0 Å². The minimum atomic E-state index is -0.772. The van der Waals surface area contributed by atoms with Gasteiger partial charge < -0.3 is 14.8 Å². The van der Waals surface area contributed by atoms with Gasteiger partial charge in [-0.3, -0.25) is 14.9 Å². The van der Waals surface area contributed by atoms with Crippen molar-refractivity contribution in [3.63, 3.8) is 0 Å². The topological polar surface area (TPSA) is 114 Å². The van der Waals surface area contributed by atoms with Crippen LogP contribution in [0.2, 0.25) is 0 Å². The summed E-state index contributed by atoms with van der Waals surface area (Å²) >= 11 is 0. The van der Waals surface area contributed by atoms with E-state index in [1.165, 1.54) is 38.5 Å². The van der Waals surface area contributed by atoms with Crippen LogP contribution in [0.4, 0.5) is 11.4 Å². The van der Waals surface area contributed by atoms with Gasteiger partial charge in [-0.2, -0.15) is 5.26 Å². The highest BCUT2D eigenvalue weighted by Crippen LogP contribution is 2.29. The summed E-state index contributed by atoms with van der Waals surface area (Å²) in [6.07, 6.45) is 1.35. The van der Waals surface area contributed by atoms with Crippen molar-refractivity contribution in [2.45, 2.75) is 0 Å². The van der Waals surface area contributed by atoms with Crippen molar-refractivity contribution >= 4 is 23.4 Å². The number of nitrogens with one attached hydrogen (secondary N) is 1. The minimum absolute atomic E-state index is 0.0398. The molecule has 2 aromatic carbocycles. The van der Waals surface area contributed by atoms with Crippen LogP contribution in [-0.2, 0) is 4.79 Å². The molecule has 0 unspecified atom stereocenters. The maximum atomic E-state index is 12.4. The lowest BCUT2D eigenvalue weighted by atomic mass is 10.1. The van der Waals surface area contributed by atoms with Crippen molar-refractivity contribution in [1.29, 1.82) is 5.26 Å². The summed E-state index contributed by atoms with van der Waals surface area (Å²) in [5, 5.41) is 22.9. The molecule has 132 valence electrons. The van der Waals surface area contributed by atoms with E-state index in [4.69, 9.17) is 9.47 Å². The first-order chi connectivity index (χ1) is 12.5. The van der Waals surface area contributed by atoms with Crippen molar-refractivity contribution in [2.24, 2.45) is 0 Å². The number of carbonyl (C=O) groups is 1. The van der Waals surface area contributed by atoms with Gasteiger partial charge in [0.25, 0.3) is 11.6 Å². The van der Waals surface area contributed by atoms with Crippen LogP contribution in [0.25, 0.3) is 6.08 Å². The number of anilines is 1. The van der Waals surface area contributed by atoms with E-state index in [0.29, 0.717) is 11.3 Å². The Hall–Kier alpha value is -3.86. The molecule has 0 bridgehead atoms. The Morgan fingerprint density at radius 1 is 1.23 bits per heavy atom. The lowest BCUT2D eigenvalue weighted by Gasteiger charge is -2.08. The number of hydrogen-bond acceptors (Lipinski definition) is 6. The molecule has 1 amide bonds. The van der Waals surface area contributed by atoms with Crippen molar-refractivity contribution in [1.82, 2.24) is 0 Å². The second-order valence-corrected chi connectivity index (χ2v) is 5.01. The second-order valence-electron chi connectivity index (χ2n) is 5.01. The van der Waals surface area contributed by atoms with Crippen LogP contribution in [0.1, 0.15) is 5.56 Å². The number of nitriles is 1. The Balaban J connectivity index is 2.35. The molecule has 0 saturated carbocycles. The predicted molar refractivity (Wildman–Crippen MR) is 94.9 cm³/mol. The average molecular weight is 353 g/mol. The van der Waals surface area contributed by atoms with E-state index < -0.39 is 10.8 Å². The zero-order valence-corrected chi connectivity index (χ0v) is 14.1. The number of methoxy groups -OCH3 is 2. The number of nitro groups is 1. The maximum Gasteiger partial charge on any atom is 0.296 e. The number of rotatable bonds is 6. The number of carbonyl (C=O) groups excluding carboxylic acids is 1. The van der Waals surface area contributed by atoms with Crippen LogP contribution in [0.5, 0.6) is 11.5 Å². The zero-order chi connectivity index (χ0) is 19.1. The quantitative estimate of drug-likeness (QED) is 0.369. The molecular formula is C18H15N3O5. The number of ether oxygens (including phenoxy) is 2. The molecule has 0 saturated heterocycles. The van der Waals surface area contributed by atoms with Gasteiger partial charge in [-0.05, 0) is 24.3 Å². The highest BCUT2D eigenvalue weighted by atomic mass is 16.6. The molecule has 0 spiro atoms. The summed E-state index contributed by atoms with van der Waals surface area (Å²) in [5.74, 6) is -0.00470. The summed E-state index contributed by atoms with van der Waals surface area (Å²) in [6.45, 7) is 0. The Morgan fingerprint density at radius 3 is 2.58 bits per heavy atom. The third kappa shape index (κ3) is 4.15. The third-order valence-electron chi connectivity index (χ3n) is 3.45. The molecular weight excluding hydrogens is 338 g/mol. The number of benzene rings is 2. The predicted octanol–water partition coefficient (Wildman–Crippen LogP) is 3.16. The number of amides is 1. The van der Waals surface area contributed by atoms with Crippen molar-refractivity contribution in [3.05, 3.63) is 63.7 Å². The first kappa shape index (κ1) is 18.5. The number of para-hydroxylation sites is 1. The van der Waals surface area contributed by atoms with Gasteiger partial charge in [-0.15, -0.1) is 0 Å². The van der Waals surface area contributed by atoms with E-state index in [1.807, 2.05) is 0 Å². The first-order valence-electron chi connectivity index (χ1n) is 7.38. The van der Waals surface area contributed by atoms with Crippen LogP contribution in [-0.4, -0.2) is 25.1 Å². The minimum Gasteiger partial charge on any atom is -0.496 e. The molecule has 0 aromatic heterocycles. The molecule has 26 heavy (non-hydrogen) atoms. The Kier molecular flexibility index (Phi) is 5.90. The van der Waals surface area contributed by atoms with Gasteiger partial charge in [-0.25, -0.2) is 0 Å². The highest BCUT2D eigenvalue weighted by molar-refractivity contribution is 6.10. The molecule has 2 aromatic rings. The van der Waals surface area contributed by atoms with E-state index in [0.717, 1.165) is 0 Å². The van der Waals surface area contributed by atoms with E-state index in [9.17, 15) is 20.2 Å². The second kappa shape index (κ2) is 8.30. The monoisotopic (exact) mass is 353 g/mol. The Bertz CT molecular complexity index is 915. The lowest BCUT2D eigenvalue weighted by molar-refractivity contribution is -0.384. The largest absolute Gasteiger partial charge is 0.496 e.